The first-order valence-electron chi connectivity index (χ1n) is 12.0. The van der Waals surface area contributed by atoms with E-state index in [0.717, 1.165) is 56.6 Å². The number of hydrogen-bond donors (Lipinski definition) is 1. The molecule has 0 saturated carbocycles. The lowest BCUT2D eigenvalue weighted by Crippen LogP contribution is -2.51. The van der Waals surface area contributed by atoms with Gasteiger partial charge < -0.3 is 24.2 Å². The van der Waals surface area contributed by atoms with Crippen LogP contribution >= 0.6 is 0 Å². The fraction of sp³-hybridized carbons (Fsp3) is 0.560. The zero-order valence-corrected chi connectivity index (χ0v) is 20.2. The molecule has 9 heteroatoms. The number of anilines is 1. The van der Waals surface area contributed by atoms with Gasteiger partial charge in [-0.15, -0.1) is 0 Å². The van der Waals surface area contributed by atoms with Crippen LogP contribution in [-0.2, 0) is 4.74 Å². The van der Waals surface area contributed by atoms with Crippen LogP contribution < -0.4 is 15.0 Å². The fourth-order valence-corrected chi connectivity index (χ4v) is 5.25. The molecule has 2 fully saturated rings. The lowest BCUT2D eigenvalue weighted by atomic mass is 9.94. The zero-order valence-electron chi connectivity index (χ0n) is 20.2. The number of halogens is 1. The van der Waals surface area contributed by atoms with Crippen molar-refractivity contribution in [3.05, 3.63) is 29.3 Å². The minimum absolute atomic E-state index is 0.208. The van der Waals surface area contributed by atoms with Crippen LogP contribution in [0.25, 0.3) is 22.4 Å². The zero-order chi connectivity index (χ0) is 23.8. The number of aryl methyl sites for hydroxylation is 2. The molecule has 34 heavy (non-hydrogen) atoms. The number of methoxy groups -OCH3 is 1. The van der Waals surface area contributed by atoms with Crippen LogP contribution in [0, 0.1) is 19.7 Å². The number of fused-ring (bicyclic) bond motifs is 1. The summed E-state index contributed by atoms with van der Waals surface area (Å²) in [6.45, 7) is 8.40. The van der Waals surface area contributed by atoms with Crippen LogP contribution in [0.15, 0.2) is 16.7 Å². The molecule has 0 aliphatic carbocycles. The smallest absolute Gasteiger partial charge is 0.261 e. The van der Waals surface area contributed by atoms with Gasteiger partial charge in [-0.3, -0.25) is 0 Å². The summed E-state index contributed by atoms with van der Waals surface area (Å²) in [5, 5.41) is 8.50. The Morgan fingerprint density at radius 3 is 2.59 bits per heavy atom. The molecule has 182 valence electrons. The Bertz CT molecular complexity index is 1180. The Kier molecular flexibility index (Phi) is 6.40. The third-order valence-corrected chi connectivity index (χ3v) is 7.08. The van der Waals surface area contributed by atoms with E-state index in [4.69, 9.17) is 19.0 Å². The molecule has 0 amide bonds. The number of nitrogens with one attached hydrogen (secondary N) is 1. The summed E-state index contributed by atoms with van der Waals surface area (Å²) >= 11 is 0. The van der Waals surface area contributed by atoms with Gasteiger partial charge >= 0.3 is 0 Å². The molecule has 3 aromatic rings. The van der Waals surface area contributed by atoms with Crippen molar-refractivity contribution in [2.24, 2.45) is 0 Å². The standard InChI is InChI=1S/C25H32FN5O3/c1-14-11-18(28-17-6-9-33-10-7-17)5-8-31(14)24-22(25-27-16(3)30-34-25)15(2)20-12-19(32-4)13-21(26)23(20)29-24/h12-14,17-18,28H,5-11H2,1-4H3/t14-,18+/m0/s1. The average molecular weight is 470 g/mol. The predicted molar refractivity (Wildman–Crippen MR) is 128 cm³/mol. The van der Waals surface area contributed by atoms with Gasteiger partial charge in [0.1, 0.15) is 17.1 Å². The summed E-state index contributed by atoms with van der Waals surface area (Å²) < 4.78 is 31.5. The van der Waals surface area contributed by atoms with Crippen molar-refractivity contribution in [3.8, 4) is 17.2 Å². The topological polar surface area (TPSA) is 85.5 Å². The molecule has 2 atom stereocenters. The predicted octanol–water partition coefficient (Wildman–Crippen LogP) is 4.18. The molecule has 2 aromatic heterocycles. The Morgan fingerprint density at radius 2 is 1.91 bits per heavy atom. The van der Waals surface area contributed by atoms with Crippen molar-refractivity contribution >= 4 is 16.7 Å². The Balaban J connectivity index is 1.52. The quantitative estimate of drug-likeness (QED) is 0.596. The van der Waals surface area contributed by atoms with Gasteiger partial charge in [-0.1, -0.05) is 5.16 Å². The Morgan fingerprint density at radius 1 is 1.12 bits per heavy atom. The van der Waals surface area contributed by atoms with Gasteiger partial charge in [0.2, 0.25) is 0 Å². The summed E-state index contributed by atoms with van der Waals surface area (Å²) in [6.07, 6.45) is 4.07. The van der Waals surface area contributed by atoms with E-state index < -0.39 is 5.82 Å². The molecule has 0 unspecified atom stereocenters. The highest BCUT2D eigenvalue weighted by atomic mass is 19.1. The van der Waals surface area contributed by atoms with Gasteiger partial charge in [-0.2, -0.15) is 4.98 Å². The monoisotopic (exact) mass is 469 g/mol. The molecule has 0 radical (unpaired) electrons. The van der Waals surface area contributed by atoms with Gasteiger partial charge in [0.05, 0.1) is 12.7 Å². The molecular formula is C25H32FN5O3. The van der Waals surface area contributed by atoms with E-state index in [-0.39, 0.29) is 6.04 Å². The number of rotatable bonds is 5. The maximum atomic E-state index is 15.1. The molecule has 1 N–H and O–H groups in total. The number of piperidine rings is 1. The maximum absolute atomic E-state index is 15.1. The van der Waals surface area contributed by atoms with E-state index >= 15 is 4.39 Å². The molecule has 8 nitrogen and oxygen atoms in total. The van der Waals surface area contributed by atoms with Crippen LogP contribution in [0.3, 0.4) is 0 Å². The first-order chi connectivity index (χ1) is 16.4. The van der Waals surface area contributed by atoms with Crippen molar-refractivity contribution in [2.45, 2.75) is 64.6 Å². The minimum Gasteiger partial charge on any atom is -0.497 e. The summed E-state index contributed by atoms with van der Waals surface area (Å²) in [6, 6.07) is 4.35. The highest BCUT2D eigenvalue weighted by Gasteiger charge is 2.32. The summed E-state index contributed by atoms with van der Waals surface area (Å²) in [7, 11) is 1.53. The van der Waals surface area contributed by atoms with Gasteiger partial charge in [-0.25, -0.2) is 9.37 Å². The van der Waals surface area contributed by atoms with E-state index in [0.29, 0.717) is 46.3 Å². The Hall–Kier alpha value is -2.78. The van der Waals surface area contributed by atoms with E-state index in [2.05, 4.69) is 27.3 Å². The number of aromatic nitrogens is 3. The third kappa shape index (κ3) is 4.34. The molecular weight excluding hydrogens is 437 g/mol. The van der Waals surface area contributed by atoms with E-state index in [9.17, 15) is 0 Å². The number of pyridine rings is 1. The Labute approximate surface area is 198 Å². The van der Waals surface area contributed by atoms with Crippen LogP contribution in [0.1, 0.15) is 44.0 Å². The molecule has 2 aliphatic rings. The second-order valence-electron chi connectivity index (χ2n) is 9.40. The molecule has 5 rings (SSSR count). The molecule has 2 aliphatic heterocycles. The van der Waals surface area contributed by atoms with Crippen LogP contribution in [0.4, 0.5) is 10.2 Å². The van der Waals surface area contributed by atoms with Crippen LogP contribution in [-0.4, -0.2) is 60.1 Å². The molecule has 0 spiro atoms. The van der Waals surface area contributed by atoms with Crippen LogP contribution in [0.5, 0.6) is 5.75 Å². The fourth-order valence-electron chi connectivity index (χ4n) is 5.25. The molecule has 2 saturated heterocycles. The second-order valence-corrected chi connectivity index (χ2v) is 9.40. The highest BCUT2D eigenvalue weighted by molar-refractivity contribution is 5.93. The van der Waals surface area contributed by atoms with Crippen molar-refractivity contribution in [2.75, 3.05) is 31.8 Å². The van der Waals surface area contributed by atoms with Crippen molar-refractivity contribution in [1.29, 1.82) is 0 Å². The number of ether oxygens (including phenoxy) is 2. The third-order valence-electron chi connectivity index (χ3n) is 7.08. The second kappa shape index (κ2) is 9.46. The van der Waals surface area contributed by atoms with Crippen molar-refractivity contribution in [3.63, 3.8) is 0 Å². The summed E-state index contributed by atoms with van der Waals surface area (Å²) in [5.74, 6) is 1.68. The number of hydrogen-bond acceptors (Lipinski definition) is 8. The number of benzene rings is 1. The average Bonchev–Trinajstić information content (AvgIpc) is 3.26. The van der Waals surface area contributed by atoms with E-state index in [1.807, 2.05) is 13.0 Å². The molecule has 1 aromatic carbocycles. The lowest BCUT2D eigenvalue weighted by Gasteiger charge is -2.41. The normalized spacial score (nSPS) is 21.9. The van der Waals surface area contributed by atoms with Gasteiger partial charge in [0, 0.05) is 49.3 Å². The molecule has 0 bridgehead atoms. The van der Waals surface area contributed by atoms with E-state index in [1.165, 1.54) is 13.2 Å². The van der Waals surface area contributed by atoms with Crippen LogP contribution in [0.2, 0.25) is 0 Å². The van der Waals surface area contributed by atoms with Crippen molar-refractivity contribution < 1.29 is 18.4 Å². The largest absolute Gasteiger partial charge is 0.497 e. The van der Waals surface area contributed by atoms with Gasteiger partial charge in [-0.05, 0) is 58.1 Å². The SMILES string of the molecule is COc1cc(F)c2nc(N3CC[C@@H](NC4CCOCC4)C[C@@H]3C)c(-c3nc(C)no3)c(C)c2c1. The summed E-state index contributed by atoms with van der Waals surface area (Å²) in [4.78, 5) is 11.6. The minimum atomic E-state index is -0.407. The maximum Gasteiger partial charge on any atom is 0.261 e. The first kappa shape index (κ1) is 23.0. The summed E-state index contributed by atoms with van der Waals surface area (Å²) in [5.41, 5.74) is 1.92. The van der Waals surface area contributed by atoms with Crippen molar-refractivity contribution in [1.82, 2.24) is 20.4 Å². The van der Waals surface area contributed by atoms with Gasteiger partial charge in [0.25, 0.3) is 5.89 Å². The van der Waals surface area contributed by atoms with E-state index in [1.54, 1.807) is 6.92 Å². The molecule has 4 heterocycles. The number of nitrogens with zero attached hydrogens (tertiary/aromatic N) is 4. The lowest BCUT2D eigenvalue weighted by molar-refractivity contribution is 0.0733. The highest BCUT2D eigenvalue weighted by Crippen LogP contribution is 2.40. The first-order valence-corrected chi connectivity index (χ1v) is 12.0. The van der Waals surface area contributed by atoms with Gasteiger partial charge in [0.15, 0.2) is 11.6 Å².